The highest BCUT2D eigenvalue weighted by atomic mass is 19.4. The van der Waals surface area contributed by atoms with Crippen molar-refractivity contribution >= 4 is 11.8 Å². The zero-order valence-corrected chi connectivity index (χ0v) is 11.7. The summed E-state index contributed by atoms with van der Waals surface area (Å²) < 4.78 is 176. The first kappa shape index (κ1) is 24.9. The molecule has 0 N–H and O–H groups in total. The minimum Gasteiger partial charge on any atom is -0.391 e. The van der Waals surface area contributed by atoms with E-state index in [0.29, 0.717) is 0 Å². The molecule has 0 aliphatic heterocycles. The lowest BCUT2D eigenvalue weighted by atomic mass is 10.1. The summed E-state index contributed by atoms with van der Waals surface area (Å²) in [5, 5.41) is 0. The third-order valence-corrected chi connectivity index (χ3v) is 2.39. The van der Waals surface area contributed by atoms with E-state index >= 15 is 0 Å². The van der Waals surface area contributed by atoms with Crippen molar-refractivity contribution in [3.05, 3.63) is 11.7 Å². The maximum absolute atomic E-state index is 13.1. The molecule has 0 aliphatic carbocycles. The molecule has 0 heterocycles. The molecule has 0 saturated carbocycles. The van der Waals surface area contributed by atoms with Gasteiger partial charge in [-0.2, -0.15) is 57.1 Å². The predicted molar refractivity (Wildman–Crippen MR) is 52.2 cm³/mol. The molecule has 0 aliphatic rings. The van der Waals surface area contributed by atoms with E-state index in [9.17, 15) is 71.1 Å². The highest BCUT2D eigenvalue weighted by molar-refractivity contribution is 6.03. The van der Waals surface area contributed by atoms with Gasteiger partial charge in [0.25, 0.3) is 5.78 Å². The van der Waals surface area contributed by atoms with Crippen LogP contribution >= 0.6 is 0 Å². The number of allylic oxidation sites excluding steroid dienone is 2. The molecule has 0 amide bonds. The van der Waals surface area contributed by atoms with Crippen molar-refractivity contribution in [2.75, 3.05) is 6.67 Å². The molecule has 0 aromatic rings. The number of Topliss-reactive ketones (excluding diaryl/α,β-unsaturated/α-hetero) is 1. The molecule has 0 aromatic carbocycles. The molecule has 158 valence electrons. The molecule has 0 unspecified atom stereocenters. The third kappa shape index (κ3) is 4.60. The second-order valence-corrected chi connectivity index (χ2v) is 4.35. The average molecular weight is 436 g/mol. The van der Waals surface area contributed by atoms with E-state index in [1.165, 1.54) is 0 Å². The Kier molecular flexibility index (Phi) is 6.58. The van der Waals surface area contributed by atoms with E-state index in [4.69, 9.17) is 0 Å². The Labute approximate surface area is 137 Å². The lowest BCUT2D eigenvalue weighted by Gasteiger charge is -2.27. The Morgan fingerprint density at radius 2 is 1.15 bits per heavy atom. The van der Waals surface area contributed by atoms with Gasteiger partial charge < -0.3 is 4.74 Å². The largest absolute Gasteiger partial charge is 0.469 e. The fourth-order valence-electron chi connectivity index (χ4n) is 0.966. The van der Waals surface area contributed by atoms with Gasteiger partial charge in [0.15, 0.2) is 6.67 Å². The normalized spacial score (nSPS) is 15.3. The van der Waals surface area contributed by atoms with Gasteiger partial charge in [0.1, 0.15) is 0 Å². The smallest absolute Gasteiger partial charge is 0.391 e. The van der Waals surface area contributed by atoms with Crippen LogP contribution in [-0.4, -0.2) is 48.5 Å². The number of ketones is 1. The molecule has 0 spiro atoms. The molecule has 0 saturated heterocycles. The van der Waals surface area contributed by atoms with Crippen LogP contribution in [0, 0.1) is 0 Å². The Hall–Kier alpha value is -2.10. The maximum atomic E-state index is 13.1. The van der Waals surface area contributed by atoms with Crippen molar-refractivity contribution in [2.24, 2.45) is 0 Å². The first-order valence-electron chi connectivity index (χ1n) is 5.64. The molecule has 0 aromatic heterocycles. The third-order valence-electron chi connectivity index (χ3n) is 2.39. The maximum Gasteiger partial charge on any atom is 0.469 e. The minimum atomic E-state index is -7.00. The van der Waals surface area contributed by atoms with Crippen LogP contribution in [0.25, 0.3) is 0 Å². The van der Waals surface area contributed by atoms with Crippen LogP contribution in [0.15, 0.2) is 11.7 Å². The van der Waals surface area contributed by atoms with Crippen molar-refractivity contribution in [1.29, 1.82) is 0 Å². The van der Waals surface area contributed by atoms with E-state index < -0.39 is 60.1 Å². The molecule has 17 heteroatoms. The molecular formula is C10H2F14O3. The summed E-state index contributed by atoms with van der Waals surface area (Å²) in [4.78, 5) is 21.2. The van der Waals surface area contributed by atoms with Crippen molar-refractivity contribution in [2.45, 2.75) is 30.1 Å². The number of hydrogen-bond donors (Lipinski definition) is 0. The number of hydrogen-bond acceptors (Lipinski definition) is 3. The number of carbonyl (C=O) groups is 2. The highest BCUT2D eigenvalue weighted by Crippen LogP contribution is 2.43. The average Bonchev–Trinajstić information content (AvgIpc) is 2.50. The topological polar surface area (TPSA) is 43.4 Å². The SMILES string of the molecule is O=C(OC(F)(F)C(F)(F)CF)C(F)(F)C(F)(F)C(=O)C(F)=C(F)C(F)(F)F. The van der Waals surface area contributed by atoms with Crippen molar-refractivity contribution in [3.8, 4) is 0 Å². The summed E-state index contributed by atoms with van der Waals surface area (Å²) in [5.41, 5.74) is 0. The molecule has 0 rings (SSSR count). The lowest BCUT2D eigenvalue weighted by Crippen LogP contribution is -2.56. The minimum absolute atomic E-state index is 2.00. The van der Waals surface area contributed by atoms with Crippen LogP contribution in [0.3, 0.4) is 0 Å². The van der Waals surface area contributed by atoms with Gasteiger partial charge in [0, 0.05) is 0 Å². The highest BCUT2D eigenvalue weighted by Gasteiger charge is 2.72. The number of ether oxygens (including phenoxy) is 1. The Morgan fingerprint density at radius 3 is 1.48 bits per heavy atom. The standard InChI is InChI=1S/C10H2F14O3/c11-1-6(14,15)10(23,24)27-5(26)8(18,19)7(16,17)4(25)2(12)3(13)9(20,21)22/h1H2. The summed E-state index contributed by atoms with van der Waals surface area (Å²) in [5.74, 6) is -37.2. The van der Waals surface area contributed by atoms with Crippen molar-refractivity contribution in [1.82, 2.24) is 0 Å². The van der Waals surface area contributed by atoms with Crippen LogP contribution in [0.4, 0.5) is 61.5 Å². The monoisotopic (exact) mass is 436 g/mol. The summed E-state index contributed by atoms with van der Waals surface area (Å²) in [6.07, 6.45) is -13.0. The van der Waals surface area contributed by atoms with Gasteiger partial charge in [0.2, 0.25) is 11.7 Å². The summed E-state index contributed by atoms with van der Waals surface area (Å²) >= 11 is 0. The van der Waals surface area contributed by atoms with Crippen molar-refractivity contribution < 1.29 is 75.8 Å². The van der Waals surface area contributed by atoms with Crippen LogP contribution < -0.4 is 0 Å². The van der Waals surface area contributed by atoms with Crippen molar-refractivity contribution in [3.63, 3.8) is 0 Å². The Balaban J connectivity index is 5.93. The van der Waals surface area contributed by atoms with Gasteiger partial charge in [0.05, 0.1) is 0 Å². The molecular weight excluding hydrogens is 434 g/mol. The number of esters is 1. The zero-order chi connectivity index (χ0) is 22.2. The van der Waals surface area contributed by atoms with Crippen LogP contribution in [0.2, 0.25) is 0 Å². The molecule has 0 fully saturated rings. The molecule has 27 heavy (non-hydrogen) atoms. The predicted octanol–water partition coefficient (Wildman–Crippen LogP) is 4.28. The fourth-order valence-corrected chi connectivity index (χ4v) is 0.966. The van der Waals surface area contributed by atoms with E-state index in [0.717, 1.165) is 0 Å². The van der Waals surface area contributed by atoms with Gasteiger partial charge >= 0.3 is 36.0 Å². The number of carbonyl (C=O) groups excluding carboxylic acids is 2. The van der Waals surface area contributed by atoms with Gasteiger partial charge in [-0.15, -0.1) is 0 Å². The Bertz CT molecular complexity index is 632. The van der Waals surface area contributed by atoms with Gasteiger partial charge in [-0.25, -0.2) is 9.18 Å². The second-order valence-electron chi connectivity index (χ2n) is 4.35. The first-order valence-corrected chi connectivity index (χ1v) is 5.64. The number of rotatable bonds is 7. The van der Waals surface area contributed by atoms with Gasteiger partial charge in [-0.05, 0) is 0 Å². The first-order chi connectivity index (χ1) is 11.7. The number of halogens is 14. The number of alkyl halides is 12. The quantitative estimate of drug-likeness (QED) is 0.340. The Morgan fingerprint density at radius 1 is 0.741 bits per heavy atom. The second kappa shape index (κ2) is 7.14. The summed E-state index contributed by atoms with van der Waals surface area (Å²) in [7, 11) is 0. The van der Waals surface area contributed by atoms with E-state index in [1.807, 2.05) is 4.74 Å². The van der Waals surface area contributed by atoms with Gasteiger partial charge in [-0.1, -0.05) is 0 Å². The molecule has 0 bridgehead atoms. The summed E-state index contributed by atoms with van der Waals surface area (Å²) in [6, 6.07) is 0. The van der Waals surface area contributed by atoms with Crippen LogP contribution in [0.1, 0.15) is 0 Å². The molecule has 0 radical (unpaired) electrons. The fraction of sp³-hybridized carbons (Fsp3) is 0.600. The lowest BCUT2D eigenvalue weighted by molar-refractivity contribution is -0.344. The van der Waals surface area contributed by atoms with Gasteiger partial charge in [-0.3, -0.25) is 4.79 Å². The zero-order valence-electron chi connectivity index (χ0n) is 11.7. The van der Waals surface area contributed by atoms with E-state index in [1.54, 1.807) is 0 Å². The molecule has 3 nitrogen and oxygen atoms in total. The van der Waals surface area contributed by atoms with Crippen LogP contribution in [-0.2, 0) is 14.3 Å². The van der Waals surface area contributed by atoms with E-state index in [2.05, 4.69) is 0 Å². The molecule has 0 atom stereocenters. The summed E-state index contributed by atoms with van der Waals surface area (Å²) in [6.45, 7) is -3.36. The van der Waals surface area contributed by atoms with E-state index in [-0.39, 0.29) is 0 Å². The van der Waals surface area contributed by atoms with Crippen LogP contribution in [0.5, 0.6) is 0 Å².